The van der Waals surface area contributed by atoms with E-state index in [2.05, 4.69) is 33.4 Å². The molecule has 2 aromatic carbocycles. The predicted molar refractivity (Wildman–Crippen MR) is 89.4 cm³/mol. The Morgan fingerprint density at radius 2 is 1.90 bits per heavy atom. The molecule has 4 heteroatoms. The molecule has 1 aliphatic heterocycles. The van der Waals surface area contributed by atoms with Gasteiger partial charge in [0.2, 0.25) is 0 Å². The molecule has 0 saturated carbocycles. The summed E-state index contributed by atoms with van der Waals surface area (Å²) in [6.07, 6.45) is 0.894. The van der Waals surface area contributed by atoms with Crippen molar-refractivity contribution >= 4 is 33.4 Å². The lowest BCUT2D eigenvalue weighted by Crippen LogP contribution is -2.31. The summed E-state index contributed by atoms with van der Waals surface area (Å²) in [6.45, 7) is 2.70. The van der Waals surface area contributed by atoms with Gasteiger partial charge in [-0.25, -0.2) is 0 Å². The number of carbonyl (C=O) groups excluding carboxylic acids is 1. The molecule has 108 valence electrons. The van der Waals surface area contributed by atoms with Crippen LogP contribution in [0.25, 0.3) is 0 Å². The summed E-state index contributed by atoms with van der Waals surface area (Å²) in [7, 11) is 0. The average Bonchev–Trinajstić information content (AvgIpc) is 2.49. The molecule has 0 aromatic heterocycles. The lowest BCUT2D eigenvalue weighted by molar-refractivity contribution is 0.0946. The maximum Gasteiger partial charge on any atom is 0.251 e. The van der Waals surface area contributed by atoms with Gasteiger partial charge in [0, 0.05) is 17.1 Å². The van der Waals surface area contributed by atoms with Crippen LogP contribution in [0.5, 0.6) is 0 Å². The molecule has 0 bridgehead atoms. The van der Waals surface area contributed by atoms with E-state index in [0.717, 1.165) is 45.8 Å². The van der Waals surface area contributed by atoms with E-state index < -0.39 is 0 Å². The molecule has 1 amide bonds. The van der Waals surface area contributed by atoms with Crippen LogP contribution in [-0.2, 0) is 6.42 Å². The summed E-state index contributed by atoms with van der Waals surface area (Å²) in [5.74, 6) is 0.0136. The van der Waals surface area contributed by atoms with E-state index >= 15 is 0 Å². The van der Waals surface area contributed by atoms with Crippen LogP contribution in [0.15, 0.2) is 36.4 Å². The van der Waals surface area contributed by atoms with Gasteiger partial charge in [0.05, 0.1) is 4.83 Å². The van der Waals surface area contributed by atoms with E-state index in [-0.39, 0.29) is 10.7 Å². The lowest BCUT2D eigenvalue weighted by atomic mass is 9.95. The Morgan fingerprint density at radius 3 is 2.67 bits per heavy atom. The predicted octanol–water partition coefficient (Wildman–Crippen LogP) is 4.42. The van der Waals surface area contributed by atoms with Gasteiger partial charge >= 0.3 is 0 Å². The smallest absolute Gasteiger partial charge is 0.251 e. The van der Waals surface area contributed by atoms with E-state index in [1.165, 1.54) is 0 Å². The number of halogens is 2. The van der Waals surface area contributed by atoms with Crippen molar-refractivity contribution < 1.29 is 4.79 Å². The molecule has 0 radical (unpaired) electrons. The van der Waals surface area contributed by atoms with Crippen LogP contribution in [0.1, 0.15) is 37.4 Å². The fourth-order valence-electron chi connectivity index (χ4n) is 2.55. The van der Waals surface area contributed by atoms with Crippen LogP contribution in [-0.4, -0.2) is 12.5 Å². The van der Waals surface area contributed by atoms with E-state index in [4.69, 9.17) is 11.6 Å². The van der Waals surface area contributed by atoms with Crippen LogP contribution in [0.3, 0.4) is 0 Å². The number of carbonyl (C=O) groups is 1. The van der Waals surface area contributed by atoms with Gasteiger partial charge in [0.25, 0.3) is 5.91 Å². The molecule has 1 heterocycles. The summed E-state index contributed by atoms with van der Waals surface area (Å²) in [6, 6.07) is 12.1. The third kappa shape index (κ3) is 2.85. The number of benzene rings is 2. The Labute approximate surface area is 137 Å². The second-order valence-corrected chi connectivity index (χ2v) is 6.62. The minimum absolute atomic E-state index is 0.0136. The molecule has 0 saturated heterocycles. The molecule has 21 heavy (non-hydrogen) atoms. The van der Waals surface area contributed by atoms with E-state index in [9.17, 15) is 4.79 Å². The number of fused-ring (bicyclic) bond motifs is 1. The van der Waals surface area contributed by atoms with Crippen molar-refractivity contribution in [3.05, 3.63) is 69.2 Å². The van der Waals surface area contributed by atoms with Gasteiger partial charge in [0.15, 0.2) is 0 Å². The van der Waals surface area contributed by atoms with Crippen LogP contribution < -0.4 is 5.32 Å². The Kier molecular flexibility index (Phi) is 4.05. The van der Waals surface area contributed by atoms with E-state index in [0.29, 0.717) is 0 Å². The summed E-state index contributed by atoms with van der Waals surface area (Å²) < 4.78 is 0. The third-order valence-electron chi connectivity index (χ3n) is 3.84. The zero-order chi connectivity index (χ0) is 15.0. The molecule has 1 unspecified atom stereocenters. The second-order valence-electron chi connectivity index (χ2n) is 5.29. The summed E-state index contributed by atoms with van der Waals surface area (Å²) in [4.78, 5) is 12.0. The molecule has 0 spiro atoms. The first-order valence-corrected chi connectivity index (χ1v) is 8.17. The van der Waals surface area contributed by atoms with Gasteiger partial charge < -0.3 is 5.32 Å². The molecular weight excluding hydrogens is 350 g/mol. The summed E-state index contributed by atoms with van der Waals surface area (Å²) >= 11 is 9.91. The topological polar surface area (TPSA) is 29.1 Å². The second kappa shape index (κ2) is 5.82. The Hall–Kier alpha value is -1.32. The molecule has 0 aliphatic carbocycles. The van der Waals surface area contributed by atoms with Crippen LogP contribution in [0.2, 0.25) is 5.02 Å². The number of hydrogen-bond acceptors (Lipinski definition) is 1. The maximum atomic E-state index is 11.9. The molecular formula is C17H15BrClNO. The number of amides is 1. The number of nitrogens with one attached hydrogen (secondary N) is 1. The van der Waals surface area contributed by atoms with Crippen molar-refractivity contribution in [2.75, 3.05) is 6.54 Å². The molecule has 1 N–H and O–H groups in total. The Morgan fingerprint density at radius 1 is 1.19 bits per heavy atom. The number of rotatable bonds is 2. The SMILES string of the molecule is Cc1ccc(C(Br)c2ccc3c(c2)C(=O)NCC3)cc1Cl. The molecule has 2 nitrogen and oxygen atoms in total. The number of hydrogen-bond donors (Lipinski definition) is 1. The monoisotopic (exact) mass is 363 g/mol. The fraction of sp³-hybridized carbons (Fsp3) is 0.235. The van der Waals surface area contributed by atoms with Crippen molar-refractivity contribution in [1.29, 1.82) is 0 Å². The van der Waals surface area contributed by atoms with Crippen LogP contribution in [0.4, 0.5) is 0 Å². The molecule has 3 rings (SSSR count). The van der Waals surface area contributed by atoms with Crippen molar-refractivity contribution in [3.63, 3.8) is 0 Å². The Bertz CT molecular complexity index is 714. The first-order valence-electron chi connectivity index (χ1n) is 6.87. The van der Waals surface area contributed by atoms with Crippen LogP contribution >= 0.6 is 27.5 Å². The minimum Gasteiger partial charge on any atom is -0.352 e. The highest BCUT2D eigenvalue weighted by atomic mass is 79.9. The third-order valence-corrected chi connectivity index (χ3v) is 5.30. The minimum atomic E-state index is 0.0136. The zero-order valence-electron chi connectivity index (χ0n) is 11.6. The molecule has 2 aromatic rings. The Balaban J connectivity index is 1.98. The quantitative estimate of drug-likeness (QED) is 0.785. The van der Waals surface area contributed by atoms with E-state index in [1.807, 2.05) is 31.2 Å². The van der Waals surface area contributed by atoms with Gasteiger partial charge in [0.1, 0.15) is 0 Å². The van der Waals surface area contributed by atoms with Crippen molar-refractivity contribution in [3.8, 4) is 0 Å². The highest BCUT2D eigenvalue weighted by molar-refractivity contribution is 9.09. The standard InChI is InChI=1S/C17H15BrClNO/c1-10-2-3-13(9-15(10)19)16(18)12-5-4-11-6-7-20-17(21)14(11)8-12/h2-5,8-9,16H,6-7H2,1H3,(H,20,21). The van der Waals surface area contributed by atoms with Crippen LogP contribution in [0, 0.1) is 6.92 Å². The average molecular weight is 365 g/mol. The zero-order valence-corrected chi connectivity index (χ0v) is 14.0. The normalized spacial score (nSPS) is 15.3. The highest BCUT2D eigenvalue weighted by Gasteiger charge is 2.19. The van der Waals surface area contributed by atoms with Gasteiger partial charge in [-0.2, -0.15) is 0 Å². The van der Waals surface area contributed by atoms with Crippen molar-refractivity contribution in [2.45, 2.75) is 18.2 Å². The largest absolute Gasteiger partial charge is 0.352 e. The van der Waals surface area contributed by atoms with Crippen molar-refractivity contribution in [1.82, 2.24) is 5.32 Å². The summed E-state index contributed by atoms with van der Waals surface area (Å²) in [5, 5.41) is 3.64. The summed E-state index contributed by atoms with van der Waals surface area (Å²) in [5.41, 5.74) is 5.10. The van der Waals surface area contributed by atoms with E-state index in [1.54, 1.807) is 0 Å². The maximum absolute atomic E-state index is 11.9. The number of alkyl halides is 1. The number of aryl methyl sites for hydroxylation is 1. The van der Waals surface area contributed by atoms with Crippen molar-refractivity contribution in [2.24, 2.45) is 0 Å². The first-order chi connectivity index (χ1) is 10.1. The fourth-order valence-corrected chi connectivity index (χ4v) is 3.30. The van der Waals surface area contributed by atoms with Gasteiger partial charge in [-0.05, 0) is 47.7 Å². The lowest BCUT2D eigenvalue weighted by Gasteiger charge is -2.19. The van der Waals surface area contributed by atoms with Gasteiger partial charge in [-0.3, -0.25) is 4.79 Å². The molecule has 1 atom stereocenters. The highest BCUT2D eigenvalue weighted by Crippen LogP contribution is 2.34. The first kappa shape index (κ1) is 14.6. The van der Waals surface area contributed by atoms with Gasteiger partial charge in [-0.1, -0.05) is 51.8 Å². The molecule has 1 aliphatic rings. The molecule has 0 fully saturated rings. The van der Waals surface area contributed by atoms with Gasteiger partial charge in [-0.15, -0.1) is 0 Å².